The van der Waals surface area contributed by atoms with Crippen molar-refractivity contribution in [3.8, 4) is 0 Å². The molecule has 0 unspecified atom stereocenters. The van der Waals surface area contributed by atoms with Crippen LogP contribution in [0.2, 0.25) is 0 Å². The van der Waals surface area contributed by atoms with Gasteiger partial charge in [-0.2, -0.15) is 0 Å². The largest absolute Gasteiger partial charge is 0.382 e. The highest BCUT2D eigenvalue weighted by atomic mass is 32.1. The van der Waals surface area contributed by atoms with Gasteiger partial charge in [0, 0.05) is 6.54 Å². The number of nitrogens with one attached hydrogen (secondary N) is 2. The Kier molecular flexibility index (Phi) is 8.72. The summed E-state index contributed by atoms with van der Waals surface area (Å²) in [6.45, 7) is 2.14. The van der Waals surface area contributed by atoms with Crippen molar-refractivity contribution in [3.63, 3.8) is 0 Å². The van der Waals surface area contributed by atoms with Crippen LogP contribution in [-0.4, -0.2) is 25.6 Å². The molecule has 0 rings (SSSR count). The van der Waals surface area contributed by atoms with Crippen LogP contribution in [0.5, 0.6) is 0 Å². The Hall–Kier alpha value is -0.150. The van der Waals surface area contributed by atoms with Gasteiger partial charge in [0.1, 0.15) is 0 Å². The molecule has 0 aliphatic rings. The number of hydrogen-bond acceptors (Lipinski definition) is 2. The lowest BCUT2D eigenvalue weighted by Gasteiger charge is -1.99. The minimum Gasteiger partial charge on any atom is -0.382 e. The number of hydrogen-bond donors (Lipinski definition) is 2. The second kappa shape index (κ2) is 8.85. The van der Waals surface area contributed by atoms with Gasteiger partial charge in [-0.1, -0.05) is 18.6 Å². The van der Waals surface area contributed by atoms with Crippen LogP contribution in [0.25, 0.3) is 0 Å². The molecule has 2 nitrogen and oxygen atoms in total. The summed E-state index contributed by atoms with van der Waals surface area (Å²) in [5, 5.41) is 6.10. The molecule has 0 heterocycles. The van der Waals surface area contributed by atoms with Crippen LogP contribution in [0.4, 0.5) is 0 Å². The minimum absolute atomic E-state index is 1.02. The van der Waals surface area contributed by atoms with Crippen molar-refractivity contribution in [3.05, 3.63) is 0 Å². The summed E-state index contributed by atoms with van der Waals surface area (Å²) in [5.41, 5.74) is 1.58. The van der Waals surface area contributed by atoms with Crippen LogP contribution < -0.4 is 10.6 Å². The van der Waals surface area contributed by atoms with Gasteiger partial charge in [-0.15, -0.1) is 0 Å². The Labute approximate surface area is 68.4 Å². The van der Waals surface area contributed by atoms with E-state index in [1.807, 2.05) is 7.05 Å². The molecule has 0 saturated heterocycles. The molecule has 0 amide bonds. The minimum atomic E-state index is 1.02. The van der Waals surface area contributed by atoms with Crippen molar-refractivity contribution in [2.24, 2.45) is 0 Å². The third-order valence-corrected chi connectivity index (χ3v) is 1.50. The fourth-order valence-corrected chi connectivity index (χ4v) is 0.882. The molecule has 60 valence electrons. The van der Waals surface area contributed by atoms with Crippen LogP contribution >= 0.6 is 12.2 Å². The summed E-state index contributed by atoms with van der Waals surface area (Å²) < 4.78 is 0. The van der Waals surface area contributed by atoms with Gasteiger partial charge in [-0.3, -0.25) is 0 Å². The Morgan fingerprint density at radius 3 is 2.50 bits per heavy atom. The van der Waals surface area contributed by atoms with Gasteiger partial charge >= 0.3 is 0 Å². The van der Waals surface area contributed by atoms with E-state index in [4.69, 9.17) is 0 Å². The van der Waals surface area contributed by atoms with E-state index in [1.54, 1.807) is 5.49 Å². The van der Waals surface area contributed by atoms with Crippen molar-refractivity contribution in [1.29, 1.82) is 0 Å². The van der Waals surface area contributed by atoms with Crippen LogP contribution in [0.1, 0.15) is 19.3 Å². The molecule has 10 heavy (non-hydrogen) atoms. The monoisotopic (exact) mass is 160 g/mol. The maximum atomic E-state index is 4.60. The molecule has 0 radical (unpaired) electrons. The third kappa shape index (κ3) is 7.85. The summed E-state index contributed by atoms with van der Waals surface area (Å²) in [4.78, 5) is 0. The lowest BCUT2D eigenvalue weighted by molar-refractivity contribution is 0.636. The van der Waals surface area contributed by atoms with Gasteiger partial charge in [-0.25, -0.2) is 0 Å². The molecule has 0 aromatic carbocycles. The van der Waals surface area contributed by atoms with E-state index >= 15 is 0 Å². The Morgan fingerprint density at radius 1 is 1.20 bits per heavy atom. The first kappa shape index (κ1) is 9.85. The normalized spacial score (nSPS) is 9.30. The van der Waals surface area contributed by atoms with E-state index in [-0.39, 0.29) is 0 Å². The lowest BCUT2D eigenvalue weighted by atomic mass is 10.2. The van der Waals surface area contributed by atoms with Gasteiger partial charge in [0.25, 0.3) is 0 Å². The van der Waals surface area contributed by atoms with E-state index in [1.165, 1.54) is 19.3 Å². The molecule has 0 atom stereocenters. The van der Waals surface area contributed by atoms with Crippen LogP contribution in [0.15, 0.2) is 0 Å². The first-order chi connectivity index (χ1) is 4.91. The fourth-order valence-electron chi connectivity index (χ4n) is 0.765. The smallest absolute Gasteiger partial charge is 0.0614 e. The van der Waals surface area contributed by atoms with Gasteiger partial charge in [0.2, 0.25) is 0 Å². The quantitative estimate of drug-likeness (QED) is 0.428. The Morgan fingerprint density at radius 2 is 1.90 bits per heavy atom. The van der Waals surface area contributed by atoms with Gasteiger partial charge in [-0.05, 0) is 26.4 Å². The molecule has 0 spiro atoms. The molecule has 0 aromatic heterocycles. The Balaban J connectivity index is 2.70. The van der Waals surface area contributed by atoms with Gasteiger partial charge in [0.15, 0.2) is 0 Å². The molecule has 0 aliphatic carbocycles. The van der Waals surface area contributed by atoms with E-state index < -0.39 is 0 Å². The molecular formula is C7H16N2S. The predicted octanol–water partition coefficient (Wildman–Crippen LogP) is 0.923. The average molecular weight is 160 g/mol. The van der Waals surface area contributed by atoms with Crippen molar-refractivity contribution in [2.45, 2.75) is 19.3 Å². The van der Waals surface area contributed by atoms with E-state index in [2.05, 4.69) is 22.9 Å². The van der Waals surface area contributed by atoms with Crippen LogP contribution in [-0.2, 0) is 0 Å². The van der Waals surface area contributed by atoms with Crippen molar-refractivity contribution < 1.29 is 0 Å². The standard InChI is InChI=1S/C7H16N2S/c1-8-5-3-2-4-6-9-7-10/h7-8H,2-6H2,1H3,(H,9,10). The summed E-state index contributed by atoms with van der Waals surface area (Å²) in [6.07, 6.45) is 3.75. The highest BCUT2D eigenvalue weighted by Crippen LogP contribution is 1.90. The van der Waals surface area contributed by atoms with Crippen molar-refractivity contribution >= 4 is 17.7 Å². The molecule has 2 N–H and O–H groups in total. The average Bonchev–Trinajstić information content (AvgIpc) is 1.97. The molecule has 0 saturated carbocycles. The maximum Gasteiger partial charge on any atom is 0.0614 e. The SMILES string of the molecule is CNCCCCCNC=S. The zero-order chi connectivity index (χ0) is 7.66. The first-order valence-corrected chi connectivity index (χ1v) is 4.20. The lowest BCUT2D eigenvalue weighted by Crippen LogP contribution is -2.12. The Bertz CT molecular complexity index is 76.0. The number of rotatable bonds is 7. The van der Waals surface area contributed by atoms with Crippen LogP contribution in [0, 0.1) is 0 Å². The van der Waals surface area contributed by atoms with Crippen LogP contribution in [0.3, 0.4) is 0 Å². The zero-order valence-electron chi connectivity index (χ0n) is 6.52. The van der Waals surface area contributed by atoms with E-state index in [9.17, 15) is 0 Å². The summed E-state index contributed by atoms with van der Waals surface area (Å²) in [5.74, 6) is 0. The summed E-state index contributed by atoms with van der Waals surface area (Å²) >= 11 is 4.60. The molecule has 0 bridgehead atoms. The zero-order valence-corrected chi connectivity index (χ0v) is 7.34. The van der Waals surface area contributed by atoms with Gasteiger partial charge in [0.05, 0.1) is 5.49 Å². The summed E-state index contributed by atoms with van der Waals surface area (Å²) in [7, 11) is 1.98. The molecule has 0 aliphatic heterocycles. The highest BCUT2D eigenvalue weighted by molar-refractivity contribution is 7.78. The summed E-state index contributed by atoms with van der Waals surface area (Å²) in [6, 6.07) is 0. The molecule has 0 aromatic rings. The predicted molar refractivity (Wildman–Crippen MR) is 49.4 cm³/mol. The van der Waals surface area contributed by atoms with Crippen molar-refractivity contribution in [1.82, 2.24) is 10.6 Å². The molecule has 0 fully saturated rings. The molecule has 3 heteroatoms. The first-order valence-electron chi connectivity index (χ1n) is 3.73. The topological polar surface area (TPSA) is 24.1 Å². The van der Waals surface area contributed by atoms with Crippen molar-refractivity contribution in [2.75, 3.05) is 20.1 Å². The maximum absolute atomic E-state index is 4.60. The highest BCUT2D eigenvalue weighted by Gasteiger charge is 1.85. The second-order valence-electron chi connectivity index (χ2n) is 2.24. The number of thiocarbonyl (C=S) groups is 1. The van der Waals surface area contributed by atoms with Gasteiger partial charge < -0.3 is 10.6 Å². The second-order valence-corrected chi connectivity index (χ2v) is 2.47. The molecular weight excluding hydrogens is 144 g/mol. The van der Waals surface area contributed by atoms with E-state index in [0.717, 1.165) is 13.1 Å². The van der Waals surface area contributed by atoms with E-state index in [0.29, 0.717) is 0 Å². The fraction of sp³-hybridized carbons (Fsp3) is 0.857. The number of unbranched alkanes of at least 4 members (excludes halogenated alkanes) is 2. The third-order valence-electron chi connectivity index (χ3n) is 1.33.